The molecule has 0 aliphatic rings. The Morgan fingerprint density at radius 2 is 2.17 bits per heavy atom. The normalized spacial score (nSPS) is 11.9. The number of allylic oxidation sites excluding steroid dienone is 1. The van der Waals surface area contributed by atoms with Gasteiger partial charge < -0.3 is 5.32 Å². The summed E-state index contributed by atoms with van der Waals surface area (Å²) in [4.78, 5) is 0. The summed E-state index contributed by atoms with van der Waals surface area (Å²) in [5, 5.41) is 3.92. The van der Waals surface area contributed by atoms with Crippen LogP contribution in [0.2, 0.25) is 5.02 Å². The second kappa shape index (κ2) is 8.28. The molecule has 1 N–H and O–H groups in total. The van der Waals surface area contributed by atoms with Gasteiger partial charge in [0.05, 0.1) is 0 Å². The quantitative estimate of drug-likeness (QED) is 0.573. The van der Waals surface area contributed by atoms with Crippen molar-refractivity contribution in [3.05, 3.63) is 46.3 Å². The standard InChI is InChI=1S/C15H21ClFN/c1-3-8-18-9-4-5-12(2)10-13-11-14(16)6-7-15(13)17/h5-7,11,18H,3-4,8-10H2,1-2H3/b12-5-. The van der Waals surface area contributed by atoms with Gasteiger partial charge in [-0.2, -0.15) is 0 Å². The number of rotatable bonds is 7. The van der Waals surface area contributed by atoms with Gasteiger partial charge in [0.25, 0.3) is 0 Å². The minimum absolute atomic E-state index is 0.184. The molecule has 3 heteroatoms. The summed E-state index contributed by atoms with van der Waals surface area (Å²) < 4.78 is 13.5. The van der Waals surface area contributed by atoms with E-state index >= 15 is 0 Å². The lowest BCUT2D eigenvalue weighted by atomic mass is 10.0. The van der Waals surface area contributed by atoms with Crippen LogP contribution in [0.5, 0.6) is 0 Å². The molecule has 1 rings (SSSR count). The lowest BCUT2D eigenvalue weighted by molar-refractivity contribution is 0.613. The van der Waals surface area contributed by atoms with Crippen molar-refractivity contribution in [3.8, 4) is 0 Å². The summed E-state index contributed by atoms with van der Waals surface area (Å²) in [5.74, 6) is -0.184. The maximum atomic E-state index is 13.5. The molecule has 0 saturated heterocycles. The van der Waals surface area contributed by atoms with Crippen LogP contribution in [0.1, 0.15) is 32.3 Å². The van der Waals surface area contributed by atoms with Gasteiger partial charge in [0.1, 0.15) is 5.82 Å². The van der Waals surface area contributed by atoms with Crippen LogP contribution in [0, 0.1) is 5.82 Å². The molecule has 0 spiro atoms. The van der Waals surface area contributed by atoms with Gasteiger partial charge in [-0.25, -0.2) is 4.39 Å². The molecule has 1 aromatic rings. The Morgan fingerprint density at radius 1 is 1.39 bits per heavy atom. The first-order valence-corrected chi connectivity index (χ1v) is 6.81. The fourth-order valence-electron chi connectivity index (χ4n) is 1.77. The van der Waals surface area contributed by atoms with E-state index in [4.69, 9.17) is 11.6 Å². The third kappa shape index (κ3) is 5.65. The average Bonchev–Trinajstić information content (AvgIpc) is 2.33. The van der Waals surface area contributed by atoms with Gasteiger partial charge >= 0.3 is 0 Å². The molecule has 18 heavy (non-hydrogen) atoms. The molecule has 1 aromatic carbocycles. The highest BCUT2D eigenvalue weighted by Gasteiger charge is 2.03. The maximum Gasteiger partial charge on any atom is 0.126 e. The minimum atomic E-state index is -0.184. The van der Waals surface area contributed by atoms with E-state index in [-0.39, 0.29) is 5.82 Å². The summed E-state index contributed by atoms with van der Waals surface area (Å²) >= 11 is 5.87. The highest BCUT2D eigenvalue weighted by Crippen LogP contribution is 2.18. The first-order chi connectivity index (χ1) is 8.63. The third-order valence-corrected chi connectivity index (χ3v) is 2.95. The zero-order chi connectivity index (χ0) is 13.4. The topological polar surface area (TPSA) is 12.0 Å². The van der Waals surface area contributed by atoms with Crippen LogP contribution in [-0.4, -0.2) is 13.1 Å². The van der Waals surface area contributed by atoms with Gasteiger partial charge in [-0.05, 0) is 63.0 Å². The molecule has 1 nitrogen and oxygen atoms in total. The SMILES string of the molecule is CCCNCC/C=C(/C)Cc1cc(Cl)ccc1F. The van der Waals surface area contributed by atoms with E-state index in [1.807, 2.05) is 6.92 Å². The lowest BCUT2D eigenvalue weighted by Crippen LogP contribution is -2.15. The zero-order valence-corrected chi connectivity index (χ0v) is 11.9. The molecule has 0 aliphatic heterocycles. The van der Waals surface area contributed by atoms with Crippen LogP contribution in [0.3, 0.4) is 0 Å². The molecule has 100 valence electrons. The molecule has 0 unspecified atom stereocenters. The van der Waals surface area contributed by atoms with E-state index in [0.29, 0.717) is 17.0 Å². The lowest BCUT2D eigenvalue weighted by Gasteiger charge is -2.05. The monoisotopic (exact) mass is 269 g/mol. The van der Waals surface area contributed by atoms with Crippen LogP contribution < -0.4 is 5.32 Å². The number of benzene rings is 1. The Morgan fingerprint density at radius 3 is 2.89 bits per heavy atom. The molecular formula is C15H21ClFN. The van der Waals surface area contributed by atoms with Crippen molar-refractivity contribution in [1.29, 1.82) is 0 Å². The smallest absolute Gasteiger partial charge is 0.126 e. The van der Waals surface area contributed by atoms with Crippen molar-refractivity contribution in [2.75, 3.05) is 13.1 Å². The minimum Gasteiger partial charge on any atom is -0.316 e. The van der Waals surface area contributed by atoms with Gasteiger partial charge in [-0.1, -0.05) is 30.2 Å². The van der Waals surface area contributed by atoms with E-state index in [1.54, 1.807) is 12.1 Å². The molecule has 0 heterocycles. The van der Waals surface area contributed by atoms with Crippen LogP contribution in [-0.2, 0) is 6.42 Å². The van der Waals surface area contributed by atoms with E-state index < -0.39 is 0 Å². The maximum absolute atomic E-state index is 13.5. The van der Waals surface area contributed by atoms with Crippen molar-refractivity contribution < 1.29 is 4.39 Å². The number of hydrogen-bond donors (Lipinski definition) is 1. The van der Waals surface area contributed by atoms with Crippen LogP contribution in [0.4, 0.5) is 4.39 Å². The molecule has 0 atom stereocenters. The summed E-state index contributed by atoms with van der Waals surface area (Å²) in [6.45, 7) is 6.20. The van der Waals surface area contributed by atoms with E-state index in [2.05, 4.69) is 18.3 Å². The van der Waals surface area contributed by atoms with Gasteiger partial charge in [-0.3, -0.25) is 0 Å². The first-order valence-electron chi connectivity index (χ1n) is 6.43. The summed E-state index contributed by atoms with van der Waals surface area (Å²) in [7, 11) is 0. The summed E-state index contributed by atoms with van der Waals surface area (Å²) in [5.41, 5.74) is 1.84. The molecule has 0 fully saturated rings. The van der Waals surface area contributed by atoms with Gasteiger partial charge in [0.2, 0.25) is 0 Å². The van der Waals surface area contributed by atoms with E-state index in [9.17, 15) is 4.39 Å². The van der Waals surface area contributed by atoms with Gasteiger partial charge in [0, 0.05) is 5.02 Å². The predicted octanol–water partition coefficient (Wildman–Crippen LogP) is 4.36. The molecule has 0 saturated carbocycles. The number of hydrogen-bond acceptors (Lipinski definition) is 1. The highest BCUT2D eigenvalue weighted by molar-refractivity contribution is 6.30. The Bertz CT molecular complexity index is 401. The molecule has 0 amide bonds. The zero-order valence-electron chi connectivity index (χ0n) is 11.1. The Kier molecular flexibility index (Phi) is 6.99. The van der Waals surface area contributed by atoms with E-state index in [0.717, 1.165) is 25.9 Å². The predicted molar refractivity (Wildman–Crippen MR) is 76.6 cm³/mol. The Hall–Kier alpha value is -0.860. The fraction of sp³-hybridized carbons (Fsp3) is 0.467. The van der Waals surface area contributed by atoms with Gasteiger partial charge in [0.15, 0.2) is 0 Å². The van der Waals surface area contributed by atoms with Crippen molar-refractivity contribution in [3.63, 3.8) is 0 Å². The van der Waals surface area contributed by atoms with Crippen LogP contribution in [0.25, 0.3) is 0 Å². The first kappa shape index (κ1) is 15.2. The average molecular weight is 270 g/mol. The van der Waals surface area contributed by atoms with Gasteiger partial charge in [-0.15, -0.1) is 0 Å². The summed E-state index contributed by atoms with van der Waals surface area (Å²) in [6, 6.07) is 4.70. The van der Waals surface area contributed by atoms with Crippen molar-refractivity contribution >= 4 is 11.6 Å². The van der Waals surface area contributed by atoms with Crippen molar-refractivity contribution in [2.24, 2.45) is 0 Å². The fourth-order valence-corrected chi connectivity index (χ4v) is 1.97. The molecule has 0 aliphatic carbocycles. The molecule has 0 bridgehead atoms. The molecule has 0 radical (unpaired) electrons. The summed E-state index contributed by atoms with van der Waals surface area (Å²) in [6.07, 6.45) is 4.91. The van der Waals surface area contributed by atoms with Crippen LogP contribution in [0.15, 0.2) is 29.8 Å². The number of nitrogens with one attached hydrogen (secondary N) is 1. The second-order valence-corrected chi connectivity index (χ2v) is 4.94. The van der Waals surface area contributed by atoms with E-state index in [1.165, 1.54) is 11.6 Å². The van der Waals surface area contributed by atoms with Crippen molar-refractivity contribution in [1.82, 2.24) is 5.32 Å². The molecular weight excluding hydrogens is 249 g/mol. The Labute approximate surface area is 114 Å². The molecule has 0 aromatic heterocycles. The number of halogens is 2. The second-order valence-electron chi connectivity index (χ2n) is 4.50. The van der Waals surface area contributed by atoms with Crippen molar-refractivity contribution in [2.45, 2.75) is 33.1 Å². The Balaban J connectivity index is 2.45. The third-order valence-electron chi connectivity index (χ3n) is 2.72. The van der Waals surface area contributed by atoms with Crippen LogP contribution >= 0.6 is 11.6 Å². The highest BCUT2D eigenvalue weighted by atomic mass is 35.5. The largest absolute Gasteiger partial charge is 0.316 e.